The van der Waals surface area contributed by atoms with Gasteiger partial charge in [0.25, 0.3) is 5.91 Å². The van der Waals surface area contributed by atoms with E-state index in [1.165, 1.54) is 12.1 Å². The highest BCUT2D eigenvalue weighted by molar-refractivity contribution is 5.91. The number of furan rings is 1. The van der Waals surface area contributed by atoms with E-state index in [1.54, 1.807) is 0 Å². The molecule has 7 nitrogen and oxygen atoms in total. The molecule has 1 N–H and O–H groups in total. The van der Waals surface area contributed by atoms with Crippen LogP contribution >= 0.6 is 0 Å². The van der Waals surface area contributed by atoms with Gasteiger partial charge in [-0.15, -0.1) is 0 Å². The number of nitrogens with zero attached hydrogens (tertiary/aromatic N) is 2. The van der Waals surface area contributed by atoms with E-state index in [-0.39, 0.29) is 5.76 Å². The van der Waals surface area contributed by atoms with Crippen molar-refractivity contribution in [3.63, 3.8) is 0 Å². The van der Waals surface area contributed by atoms with Gasteiger partial charge in [-0.3, -0.25) is 14.9 Å². The smallest absolute Gasteiger partial charge is 0.395 e. The summed E-state index contributed by atoms with van der Waals surface area (Å²) < 4.78 is 4.84. The number of nitro groups is 1. The summed E-state index contributed by atoms with van der Waals surface area (Å²) in [4.78, 5) is 23.8. The average Bonchev–Trinajstić information content (AvgIpc) is 2.87. The van der Waals surface area contributed by atoms with Crippen LogP contribution in [0, 0.1) is 16.0 Å². The molecule has 104 valence electrons. The van der Waals surface area contributed by atoms with Crippen LogP contribution in [0.25, 0.3) is 0 Å². The van der Waals surface area contributed by atoms with Gasteiger partial charge < -0.3 is 14.6 Å². The second-order valence-corrected chi connectivity index (χ2v) is 4.85. The first-order valence-corrected chi connectivity index (χ1v) is 6.27. The number of likely N-dealkylation sites (tertiary alicyclic amines) is 1. The molecule has 0 radical (unpaired) electrons. The Morgan fingerprint density at radius 1 is 1.53 bits per heavy atom. The van der Waals surface area contributed by atoms with E-state index in [2.05, 4.69) is 17.3 Å². The van der Waals surface area contributed by atoms with E-state index < -0.39 is 16.7 Å². The maximum atomic E-state index is 11.7. The van der Waals surface area contributed by atoms with Gasteiger partial charge in [-0.1, -0.05) is 0 Å². The lowest BCUT2D eigenvalue weighted by Gasteiger charge is -2.28. The standard InChI is InChI=1S/C12H17N3O4/c1-14-6-4-9(5-7-14)8-13-12(16)10-2-3-11(19-10)15(17)18/h2-3,9H,4-8H2,1H3,(H,13,16). The van der Waals surface area contributed by atoms with E-state index in [1.807, 2.05) is 0 Å². The van der Waals surface area contributed by atoms with Gasteiger partial charge in [0, 0.05) is 6.54 Å². The average molecular weight is 267 g/mol. The molecule has 0 spiro atoms. The van der Waals surface area contributed by atoms with E-state index in [4.69, 9.17) is 4.42 Å². The summed E-state index contributed by atoms with van der Waals surface area (Å²) in [5, 5.41) is 13.2. The highest BCUT2D eigenvalue weighted by atomic mass is 16.6. The molecule has 7 heteroatoms. The van der Waals surface area contributed by atoms with Crippen LogP contribution in [0.4, 0.5) is 5.88 Å². The SMILES string of the molecule is CN1CCC(CNC(=O)c2ccc([N+](=O)[O-])o2)CC1. The molecule has 1 amide bonds. The fourth-order valence-electron chi connectivity index (χ4n) is 2.14. The molecular weight excluding hydrogens is 250 g/mol. The number of hydrogen-bond donors (Lipinski definition) is 1. The van der Waals surface area contributed by atoms with Gasteiger partial charge in [0.15, 0.2) is 5.76 Å². The fourth-order valence-corrected chi connectivity index (χ4v) is 2.14. The molecule has 1 aliphatic heterocycles. The minimum Gasteiger partial charge on any atom is -0.395 e. The van der Waals surface area contributed by atoms with Crippen molar-refractivity contribution >= 4 is 11.8 Å². The van der Waals surface area contributed by atoms with Gasteiger partial charge in [0.2, 0.25) is 0 Å². The number of rotatable bonds is 4. The predicted octanol–water partition coefficient (Wildman–Crippen LogP) is 1.26. The van der Waals surface area contributed by atoms with Crippen LogP contribution in [0.3, 0.4) is 0 Å². The van der Waals surface area contributed by atoms with Crippen LogP contribution in [-0.2, 0) is 0 Å². The van der Waals surface area contributed by atoms with Crippen molar-refractivity contribution in [3.05, 3.63) is 28.0 Å². The molecule has 2 rings (SSSR count). The van der Waals surface area contributed by atoms with E-state index in [9.17, 15) is 14.9 Å². The van der Waals surface area contributed by atoms with Crippen molar-refractivity contribution in [1.82, 2.24) is 10.2 Å². The maximum absolute atomic E-state index is 11.7. The van der Waals surface area contributed by atoms with E-state index in [0.29, 0.717) is 12.5 Å². The van der Waals surface area contributed by atoms with Gasteiger partial charge in [0.05, 0.1) is 6.07 Å². The summed E-state index contributed by atoms with van der Waals surface area (Å²) in [6, 6.07) is 2.51. The van der Waals surface area contributed by atoms with Crippen LogP contribution in [0.2, 0.25) is 0 Å². The molecule has 0 atom stereocenters. The molecule has 0 aliphatic carbocycles. The molecule has 0 bridgehead atoms. The van der Waals surface area contributed by atoms with Crippen molar-refractivity contribution in [2.75, 3.05) is 26.7 Å². The zero-order valence-electron chi connectivity index (χ0n) is 10.8. The van der Waals surface area contributed by atoms with Gasteiger partial charge in [-0.05, 0) is 45.0 Å². The van der Waals surface area contributed by atoms with Gasteiger partial charge in [0.1, 0.15) is 4.92 Å². The quantitative estimate of drug-likeness (QED) is 0.655. The summed E-state index contributed by atoms with van der Waals surface area (Å²) in [5.41, 5.74) is 0. The third-order valence-electron chi connectivity index (χ3n) is 3.38. The van der Waals surface area contributed by atoms with Gasteiger partial charge >= 0.3 is 5.88 Å². The fraction of sp³-hybridized carbons (Fsp3) is 0.583. The number of nitrogens with one attached hydrogen (secondary N) is 1. The first-order valence-electron chi connectivity index (χ1n) is 6.27. The summed E-state index contributed by atoms with van der Waals surface area (Å²) in [5.74, 6) is -0.360. The zero-order valence-corrected chi connectivity index (χ0v) is 10.8. The second-order valence-electron chi connectivity index (χ2n) is 4.85. The van der Waals surface area contributed by atoms with Crippen molar-refractivity contribution < 1.29 is 14.1 Å². The Labute approximate surface area is 110 Å². The molecule has 0 unspecified atom stereocenters. The van der Waals surface area contributed by atoms with Crippen molar-refractivity contribution in [2.24, 2.45) is 5.92 Å². The number of amides is 1. The predicted molar refractivity (Wildman–Crippen MR) is 67.9 cm³/mol. The summed E-state index contributed by atoms with van der Waals surface area (Å²) >= 11 is 0. The molecule has 0 aromatic carbocycles. The Hall–Kier alpha value is -1.89. The lowest BCUT2D eigenvalue weighted by Crippen LogP contribution is -2.36. The van der Waals surface area contributed by atoms with Crippen molar-refractivity contribution in [1.29, 1.82) is 0 Å². The maximum Gasteiger partial charge on any atom is 0.433 e. The Balaban J connectivity index is 1.82. The number of piperidine rings is 1. The van der Waals surface area contributed by atoms with Crippen LogP contribution in [0.15, 0.2) is 16.5 Å². The molecule has 1 fully saturated rings. The molecule has 19 heavy (non-hydrogen) atoms. The summed E-state index contributed by atoms with van der Waals surface area (Å²) in [7, 11) is 2.08. The minimum atomic E-state index is -0.659. The second kappa shape index (κ2) is 5.83. The molecule has 1 aliphatic rings. The minimum absolute atomic E-state index is 0.0142. The topological polar surface area (TPSA) is 88.6 Å². The van der Waals surface area contributed by atoms with Crippen LogP contribution in [-0.4, -0.2) is 42.4 Å². The number of carbonyl (C=O) groups excluding carboxylic acids is 1. The van der Waals surface area contributed by atoms with Gasteiger partial charge in [-0.2, -0.15) is 0 Å². The molecule has 1 aromatic rings. The third kappa shape index (κ3) is 3.54. The molecular formula is C12H17N3O4. The van der Waals surface area contributed by atoms with Gasteiger partial charge in [-0.25, -0.2) is 0 Å². The largest absolute Gasteiger partial charge is 0.433 e. The summed E-state index contributed by atoms with van der Waals surface area (Å²) in [6.45, 7) is 2.65. The number of hydrogen-bond acceptors (Lipinski definition) is 5. The molecule has 1 saturated heterocycles. The molecule has 0 saturated carbocycles. The van der Waals surface area contributed by atoms with Crippen LogP contribution in [0.1, 0.15) is 23.4 Å². The Kier molecular flexibility index (Phi) is 4.16. The van der Waals surface area contributed by atoms with E-state index in [0.717, 1.165) is 25.9 Å². The van der Waals surface area contributed by atoms with Crippen molar-refractivity contribution in [2.45, 2.75) is 12.8 Å². The monoisotopic (exact) mass is 267 g/mol. The van der Waals surface area contributed by atoms with E-state index >= 15 is 0 Å². The van der Waals surface area contributed by atoms with Crippen molar-refractivity contribution in [3.8, 4) is 0 Å². The normalized spacial score (nSPS) is 17.3. The highest BCUT2D eigenvalue weighted by Gasteiger charge is 2.20. The first kappa shape index (κ1) is 13.5. The zero-order chi connectivity index (χ0) is 13.8. The Morgan fingerprint density at radius 3 is 2.79 bits per heavy atom. The Morgan fingerprint density at radius 2 is 2.21 bits per heavy atom. The summed E-state index contributed by atoms with van der Waals surface area (Å²) in [6.07, 6.45) is 2.10. The molecule has 1 aromatic heterocycles. The lowest BCUT2D eigenvalue weighted by molar-refractivity contribution is -0.402. The first-order chi connectivity index (χ1) is 9.06. The lowest BCUT2D eigenvalue weighted by atomic mass is 9.97. The van der Waals surface area contributed by atoms with Crippen LogP contribution in [0.5, 0.6) is 0 Å². The highest BCUT2D eigenvalue weighted by Crippen LogP contribution is 2.17. The number of carbonyl (C=O) groups is 1. The Bertz CT molecular complexity index is 463. The third-order valence-corrected chi connectivity index (χ3v) is 3.38. The molecule has 2 heterocycles. The van der Waals surface area contributed by atoms with Crippen LogP contribution < -0.4 is 5.32 Å².